The number of carbonyl (C=O) groups is 4. The highest BCUT2D eigenvalue weighted by Gasteiger charge is 2.42. The Morgan fingerprint density at radius 3 is 2.26 bits per heavy atom. The smallest absolute Gasteiger partial charge is 0.255 e. The van der Waals surface area contributed by atoms with Crippen molar-refractivity contribution in [1.29, 1.82) is 0 Å². The number of rotatable bonds is 5. The average Bonchev–Trinajstić information content (AvgIpc) is 2.91. The average molecular weight is 466 g/mol. The number of nitrogens with one attached hydrogen (secondary N) is 2. The van der Waals surface area contributed by atoms with Crippen LogP contribution in [0.2, 0.25) is 0 Å². The Kier molecular flexibility index (Phi) is 5.97. The van der Waals surface area contributed by atoms with Crippen LogP contribution in [0.3, 0.4) is 0 Å². The summed E-state index contributed by atoms with van der Waals surface area (Å²) in [6.07, 6.45) is 4.92. The second-order valence-corrected chi connectivity index (χ2v) is 8.59. The van der Waals surface area contributed by atoms with Crippen molar-refractivity contribution in [3.63, 3.8) is 0 Å². The van der Waals surface area contributed by atoms with E-state index in [0.717, 1.165) is 0 Å². The third kappa shape index (κ3) is 4.48. The number of fused-ring (bicyclic) bond motifs is 1. The molecule has 0 bridgehead atoms. The number of amides is 3. The number of allylic oxidation sites excluding steroid dienone is 2. The summed E-state index contributed by atoms with van der Waals surface area (Å²) in [5.41, 5.74) is 4.90. The van der Waals surface area contributed by atoms with Crippen molar-refractivity contribution in [2.75, 3.05) is 10.3 Å². The molecule has 0 aromatic heterocycles. The lowest BCUT2D eigenvalue weighted by atomic mass is 9.80. The minimum absolute atomic E-state index is 0.140. The van der Waals surface area contributed by atoms with Gasteiger partial charge in [-0.3, -0.25) is 24.6 Å². The van der Waals surface area contributed by atoms with Crippen LogP contribution in [-0.4, -0.2) is 23.5 Å². The Labute approximate surface area is 202 Å². The Hall–Kier alpha value is -4.52. The number of hydrazine groups is 1. The SMILES string of the molecule is O=C(Nc1cccc(C(=O)c2ccccc2)c1)c1cccc(N2NC(=O)C3CC=CCC3C2=O)c1. The minimum Gasteiger partial charge on any atom is -0.322 e. The second kappa shape index (κ2) is 9.38. The first-order chi connectivity index (χ1) is 17.0. The number of nitrogens with zero attached hydrogens (tertiary/aromatic N) is 1. The molecule has 5 rings (SSSR count). The highest BCUT2D eigenvalue weighted by molar-refractivity contribution is 6.11. The van der Waals surface area contributed by atoms with E-state index in [-0.39, 0.29) is 23.5 Å². The van der Waals surface area contributed by atoms with Crippen LogP contribution in [0.4, 0.5) is 11.4 Å². The summed E-state index contributed by atoms with van der Waals surface area (Å²) in [4.78, 5) is 51.3. The number of hydrogen-bond donors (Lipinski definition) is 2. The van der Waals surface area contributed by atoms with Gasteiger partial charge in [0.05, 0.1) is 17.5 Å². The maximum absolute atomic E-state index is 13.0. The van der Waals surface area contributed by atoms with E-state index >= 15 is 0 Å². The standard InChI is InChI=1S/C28H23N3O4/c32-25(18-8-2-1-3-9-18)19-10-6-12-21(16-19)29-26(33)20-11-7-13-22(17-20)31-28(35)24-15-5-4-14-23(24)27(34)30-31/h1-13,16-17,23-24H,14-15H2,(H,29,33)(H,30,34). The van der Waals surface area contributed by atoms with E-state index in [2.05, 4.69) is 10.7 Å². The zero-order valence-corrected chi connectivity index (χ0v) is 18.8. The molecular formula is C28H23N3O4. The molecule has 3 aromatic carbocycles. The molecule has 2 unspecified atom stereocenters. The Morgan fingerprint density at radius 2 is 1.46 bits per heavy atom. The third-order valence-corrected chi connectivity index (χ3v) is 6.31. The molecule has 1 fully saturated rings. The fraction of sp³-hybridized carbons (Fsp3) is 0.143. The van der Waals surface area contributed by atoms with Crippen LogP contribution in [0, 0.1) is 11.8 Å². The van der Waals surface area contributed by atoms with Gasteiger partial charge in [-0.1, -0.05) is 60.7 Å². The highest BCUT2D eigenvalue weighted by atomic mass is 16.2. The van der Waals surface area contributed by atoms with Gasteiger partial charge in [0, 0.05) is 22.4 Å². The fourth-order valence-corrected chi connectivity index (χ4v) is 4.47. The Bertz CT molecular complexity index is 1350. The van der Waals surface area contributed by atoms with Gasteiger partial charge in [-0.15, -0.1) is 0 Å². The molecule has 2 N–H and O–H groups in total. The molecule has 0 spiro atoms. The summed E-state index contributed by atoms with van der Waals surface area (Å²) in [6, 6.07) is 22.2. The number of ketones is 1. The predicted octanol–water partition coefficient (Wildman–Crippen LogP) is 4.13. The van der Waals surface area contributed by atoms with Crippen molar-refractivity contribution < 1.29 is 19.2 Å². The normalized spacial score (nSPS) is 19.0. The predicted molar refractivity (Wildman–Crippen MR) is 132 cm³/mol. The van der Waals surface area contributed by atoms with E-state index in [0.29, 0.717) is 40.9 Å². The molecule has 1 heterocycles. The van der Waals surface area contributed by atoms with Crippen LogP contribution in [-0.2, 0) is 9.59 Å². The Balaban J connectivity index is 1.34. The van der Waals surface area contributed by atoms with Crippen molar-refractivity contribution in [2.45, 2.75) is 12.8 Å². The lowest BCUT2D eigenvalue weighted by molar-refractivity contribution is -0.139. The highest BCUT2D eigenvalue weighted by Crippen LogP contribution is 2.32. The summed E-state index contributed by atoms with van der Waals surface area (Å²) < 4.78 is 0. The van der Waals surface area contributed by atoms with Gasteiger partial charge >= 0.3 is 0 Å². The molecule has 1 saturated heterocycles. The maximum Gasteiger partial charge on any atom is 0.255 e. The van der Waals surface area contributed by atoms with Crippen molar-refractivity contribution in [3.05, 3.63) is 108 Å². The van der Waals surface area contributed by atoms with Crippen LogP contribution >= 0.6 is 0 Å². The van der Waals surface area contributed by atoms with Crippen molar-refractivity contribution in [1.82, 2.24) is 5.43 Å². The zero-order valence-electron chi connectivity index (χ0n) is 18.8. The minimum atomic E-state index is -0.406. The molecule has 7 heteroatoms. The van der Waals surface area contributed by atoms with E-state index in [1.165, 1.54) is 5.01 Å². The first-order valence-electron chi connectivity index (χ1n) is 11.4. The topological polar surface area (TPSA) is 95.6 Å². The van der Waals surface area contributed by atoms with Crippen molar-refractivity contribution in [3.8, 4) is 0 Å². The third-order valence-electron chi connectivity index (χ3n) is 6.31. The Morgan fingerprint density at radius 1 is 0.771 bits per heavy atom. The van der Waals surface area contributed by atoms with Gasteiger partial charge in [0.2, 0.25) is 11.8 Å². The lowest BCUT2D eigenvalue weighted by Gasteiger charge is -2.38. The number of anilines is 2. The quantitative estimate of drug-likeness (QED) is 0.438. The zero-order chi connectivity index (χ0) is 24.4. The van der Waals surface area contributed by atoms with Crippen molar-refractivity contribution >= 4 is 34.9 Å². The van der Waals surface area contributed by atoms with Crippen LogP contribution in [0.1, 0.15) is 39.1 Å². The molecule has 3 aromatic rings. The van der Waals surface area contributed by atoms with Gasteiger partial charge in [0.25, 0.3) is 5.91 Å². The molecule has 35 heavy (non-hydrogen) atoms. The fourth-order valence-electron chi connectivity index (χ4n) is 4.47. The van der Waals surface area contributed by atoms with Crippen molar-refractivity contribution in [2.24, 2.45) is 11.8 Å². The molecule has 0 radical (unpaired) electrons. The van der Waals surface area contributed by atoms with Crippen LogP contribution in [0.25, 0.3) is 0 Å². The second-order valence-electron chi connectivity index (χ2n) is 8.59. The number of hydrogen-bond acceptors (Lipinski definition) is 4. The summed E-state index contributed by atoms with van der Waals surface area (Å²) in [5, 5.41) is 4.04. The number of carbonyl (C=O) groups excluding carboxylic acids is 4. The van der Waals surface area contributed by atoms with Gasteiger partial charge in [-0.2, -0.15) is 0 Å². The van der Waals surface area contributed by atoms with E-state index in [1.54, 1.807) is 72.8 Å². The van der Waals surface area contributed by atoms with E-state index < -0.39 is 11.8 Å². The largest absolute Gasteiger partial charge is 0.322 e. The van der Waals surface area contributed by atoms with Gasteiger partial charge in [-0.25, -0.2) is 5.01 Å². The van der Waals surface area contributed by atoms with Gasteiger partial charge in [-0.05, 0) is 43.2 Å². The van der Waals surface area contributed by atoms with E-state index in [9.17, 15) is 19.2 Å². The summed E-state index contributed by atoms with van der Waals surface area (Å²) in [7, 11) is 0. The lowest BCUT2D eigenvalue weighted by Crippen LogP contribution is -2.59. The molecule has 1 aliphatic carbocycles. The van der Waals surface area contributed by atoms with Crippen LogP contribution in [0.15, 0.2) is 91.0 Å². The summed E-state index contributed by atoms with van der Waals surface area (Å²) >= 11 is 0. The molecule has 7 nitrogen and oxygen atoms in total. The van der Waals surface area contributed by atoms with Crippen LogP contribution < -0.4 is 15.8 Å². The molecule has 2 atom stereocenters. The summed E-state index contributed by atoms with van der Waals surface area (Å²) in [5.74, 6) is -1.70. The molecule has 2 aliphatic rings. The molecule has 174 valence electrons. The van der Waals surface area contributed by atoms with Crippen LogP contribution in [0.5, 0.6) is 0 Å². The van der Waals surface area contributed by atoms with Gasteiger partial charge < -0.3 is 5.32 Å². The monoisotopic (exact) mass is 465 g/mol. The first-order valence-corrected chi connectivity index (χ1v) is 11.4. The van der Waals surface area contributed by atoms with E-state index in [4.69, 9.17) is 0 Å². The van der Waals surface area contributed by atoms with Gasteiger partial charge in [0.15, 0.2) is 5.78 Å². The summed E-state index contributed by atoms with van der Waals surface area (Å²) in [6.45, 7) is 0. The maximum atomic E-state index is 13.0. The molecular weight excluding hydrogens is 442 g/mol. The molecule has 3 amide bonds. The number of benzene rings is 3. The molecule has 1 aliphatic heterocycles. The van der Waals surface area contributed by atoms with E-state index in [1.807, 2.05) is 18.2 Å². The first kappa shape index (κ1) is 22.3. The van der Waals surface area contributed by atoms with Gasteiger partial charge in [0.1, 0.15) is 0 Å². The molecule has 0 saturated carbocycles.